The standard InChI is InChI=1S/C9H14O2/c1-7(10)8-4-5-11-9(2,3)6-8/h4H,5-6H2,1-3H3. The van der Waals surface area contributed by atoms with E-state index in [1.807, 2.05) is 19.9 Å². The van der Waals surface area contributed by atoms with Crippen molar-refractivity contribution in [2.75, 3.05) is 6.61 Å². The Labute approximate surface area is 67.2 Å². The summed E-state index contributed by atoms with van der Waals surface area (Å²) in [6, 6.07) is 0. The topological polar surface area (TPSA) is 26.3 Å². The van der Waals surface area contributed by atoms with Gasteiger partial charge in [-0.3, -0.25) is 4.79 Å². The van der Waals surface area contributed by atoms with Crippen molar-refractivity contribution < 1.29 is 9.53 Å². The van der Waals surface area contributed by atoms with E-state index in [0.29, 0.717) is 6.61 Å². The number of hydrogen-bond donors (Lipinski definition) is 0. The molecule has 2 heteroatoms. The fourth-order valence-electron chi connectivity index (χ4n) is 1.22. The molecule has 1 aliphatic heterocycles. The molecule has 0 aromatic heterocycles. The molecule has 0 aromatic carbocycles. The monoisotopic (exact) mass is 154 g/mol. The van der Waals surface area contributed by atoms with Crippen LogP contribution in [0.2, 0.25) is 0 Å². The summed E-state index contributed by atoms with van der Waals surface area (Å²) in [4.78, 5) is 11.0. The molecule has 1 rings (SSSR count). The van der Waals surface area contributed by atoms with Crippen LogP contribution in [-0.2, 0) is 9.53 Å². The fourth-order valence-corrected chi connectivity index (χ4v) is 1.22. The molecule has 0 saturated heterocycles. The highest BCUT2D eigenvalue weighted by atomic mass is 16.5. The molecule has 0 N–H and O–H groups in total. The summed E-state index contributed by atoms with van der Waals surface area (Å²) >= 11 is 0. The molecule has 0 bridgehead atoms. The summed E-state index contributed by atoms with van der Waals surface area (Å²) in [6.45, 7) is 6.18. The first kappa shape index (κ1) is 8.47. The molecule has 2 nitrogen and oxygen atoms in total. The lowest BCUT2D eigenvalue weighted by Gasteiger charge is -2.29. The van der Waals surface area contributed by atoms with E-state index < -0.39 is 0 Å². The number of ether oxygens (including phenoxy) is 1. The molecule has 0 spiro atoms. The van der Waals surface area contributed by atoms with E-state index in [1.54, 1.807) is 6.92 Å². The Morgan fingerprint density at radius 2 is 2.27 bits per heavy atom. The lowest BCUT2D eigenvalue weighted by atomic mass is 9.94. The van der Waals surface area contributed by atoms with E-state index >= 15 is 0 Å². The molecule has 11 heavy (non-hydrogen) atoms. The van der Waals surface area contributed by atoms with Crippen molar-refractivity contribution in [2.45, 2.75) is 32.8 Å². The zero-order valence-corrected chi connectivity index (χ0v) is 7.31. The maximum atomic E-state index is 11.0. The number of ketones is 1. The molecule has 0 unspecified atom stereocenters. The van der Waals surface area contributed by atoms with Crippen molar-refractivity contribution in [1.82, 2.24) is 0 Å². The molecule has 1 aliphatic rings. The largest absolute Gasteiger partial charge is 0.371 e. The summed E-state index contributed by atoms with van der Waals surface area (Å²) in [7, 11) is 0. The van der Waals surface area contributed by atoms with Gasteiger partial charge in [-0.1, -0.05) is 6.08 Å². The third-order valence-corrected chi connectivity index (χ3v) is 1.87. The molecule has 1 heterocycles. The van der Waals surface area contributed by atoms with Gasteiger partial charge in [0.25, 0.3) is 0 Å². The maximum Gasteiger partial charge on any atom is 0.155 e. The number of hydrogen-bond acceptors (Lipinski definition) is 2. The second kappa shape index (κ2) is 2.78. The van der Waals surface area contributed by atoms with Crippen LogP contribution < -0.4 is 0 Å². The minimum absolute atomic E-state index is 0.157. The van der Waals surface area contributed by atoms with Gasteiger partial charge in [-0.2, -0.15) is 0 Å². The van der Waals surface area contributed by atoms with E-state index in [2.05, 4.69) is 0 Å². The normalized spacial score (nSPS) is 22.6. The predicted octanol–water partition coefficient (Wildman–Crippen LogP) is 1.70. The predicted molar refractivity (Wildman–Crippen MR) is 43.4 cm³/mol. The fraction of sp³-hybridized carbons (Fsp3) is 0.667. The van der Waals surface area contributed by atoms with Gasteiger partial charge in [-0.05, 0) is 26.3 Å². The highest BCUT2D eigenvalue weighted by molar-refractivity contribution is 5.93. The van der Waals surface area contributed by atoms with Crippen LogP contribution in [-0.4, -0.2) is 18.0 Å². The average molecular weight is 154 g/mol. The number of Topliss-reactive ketones (excluding diaryl/α,β-unsaturated/α-hetero) is 1. The lowest BCUT2D eigenvalue weighted by molar-refractivity contribution is -0.115. The summed E-state index contributed by atoms with van der Waals surface area (Å²) in [5, 5.41) is 0. The Kier molecular flexibility index (Phi) is 2.14. The lowest BCUT2D eigenvalue weighted by Crippen LogP contribution is -2.30. The van der Waals surface area contributed by atoms with Gasteiger partial charge in [-0.15, -0.1) is 0 Å². The van der Waals surface area contributed by atoms with Crippen molar-refractivity contribution in [1.29, 1.82) is 0 Å². The second-order valence-corrected chi connectivity index (χ2v) is 3.53. The molecule has 0 amide bonds. The van der Waals surface area contributed by atoms with Crippen LogP contribution in [0.3, 0.4) is 0 Å². The Balaban J connectivity index is 2.71. The minimum atomic E-state index is -0.157. The van der Waals surface area contributed by atoms with Crippen molar-refractivity contribution in [3.05, 3.63) is 11.6 Å². The third-order valence-electron chi connectivity index (χ3n) is 1.87. The molecule has 0 aliphatic carbocycles. The van der Waals surface area contributed by atoms with Gasteiger partial charge >= 0.3 is 0 Å². The smallest absolute Gasteiger partial charge is 0.155 e. The Morgan fingerprint density at radius 3 is 2.64 bits per heavy atom. The van der Waals surface area contributed by atoms with Crippen LogP contribution in [0.1, 0.15) is 27.2 Å². The van der Waals surface area contributed by atoms with Crippen LogP contribution >= 0.6 is 0 Å². The quantitative estimate of drug-likeness (QED) is 0.574. The van der Waals surface area contributed by atoms with Crippen LogP contribution in [0.25, 0.3) is 0 Å². The Bertz CT molecular complexity index is 202. The van der Waals surface area contributed by atoms with Crippen molar-refractivity contribution in [2.24, 2.45) is 0 Å². The Morgan fingerprint density at radius 1 is 1.64 bits per heavy atom. The molecular weight excluding hydrogens is 140 g/mol. The van der Waals surface area contributed by atoms with Crippen molar-refractivity contribution in [3.63, 3.8) is 0 Å². The summed E-state index contributed by atoms with van der Waals surface area (Å²) in [5.74, 6) is 0.168. The van der Waals surface area contributed by atoms with Crippen molar-refractivity contribution in [3.8, 4) is 0 Å². The third kappa shape index (κ3) is 2.15. The second-order valence-electron chi connectivity index (χ2n) is 3.53. The van der Waals surface area contributed by atoms with Gasteiger partial charge in [0.1, 0.15) is 0 Å². The first-order chi connectivity index (χ1) is 5.01. The SMILES string of the molecule is CC(=O)C1=CCOC(C)(C)C1. The van der Waals surface area contributed by atoms with E-state index in [9.17, 15) is 4.79 Å². The van der Waals surface area contributed by atoms with Gasteiger partial charge in [0.2, 0.25) is 0 Å². The van der Waals surface area contributed by atoms with Gasteiger partial charge in [0.15, 0.2) is 5.78 Å². The van der Waals surface area contributed by atoms with Gasteiger partial charge in [0.05, 0.1) is 12.2 Å². The van der Waals surface area contributed by atoms with Crippen molar-refractivity contribution >= 4 is 5.78 Å². The van der Waals surface area contributed by atoms with Gasteiger partial charge in [-0.25, -0.2) is 0 Å². The van der Waals surface area contributed by atoms with E-state index in [0.717, 1.165) is 12.0 Å². The van der Waals surface area contributed by atoms with Gasteiger partial charge in [0, 0.05) is 6.42 Å². The zero-order chi connectivity index (χ0) is 8.48. The molecule has 62 valence electrons. The highest BCUT2D eigenvalue weighted by Crippen LogP contribution is 2.24. The van der Waals surface area contributed by atoms with E-state index in [4.69, 9.17) is 4.74 Å². The first-order valence-corrected chi connectivity index (χ1v) is 3.85. The molecule has 0 radical (unpaired) electrons. The summed E-state index contributed by atoms with van der Waals surface area (Å²) in [5.41, 5.74) is 0.747. The average Bonchev–Trinajstić information content (AvgIpc) is 1.85. The minimum Gasteiger partial charge on any atom is -0.371 e. The highest BCUT2D eigenvalue weighted by Gasteiger charge is 2.24. The van der Waals surface area contributed by atoms with E-state index in [-0.39, 0.29) is 11.4 Å². The summed E-state index contributed by atoms with van der Waals surface area (Å²) < 4.78 is 5.42. The number of carbonyl (C=O) groups excluding carboxylic acids is 1. The zero-order valence-electron chi connectivity index (χ0n) is 7.31. The molecule has 0 fully saturated rings. The van der Waals surface area contributed by atoms with Crippen LogP contribution in [0, 0.1) is 0 Å². The maximum absolute atomic E-state index is 11.0. The van der Waals surface area contributed by atoms with Crippen LogP contribution in [0.5, 0.6) is 0 Å². The molecule has 0 atom stereocenters. The van der Waals surface area contributed by atoms with Crippen LogP contribution in [0.15, 0.2) is 11.6 Å². The molecular formula is C9H14O2. The Hall–Kier alpha value is -0.630. The molecule has 0 saturated carbocycles. The van der Waals surface area contributed by atoms with Gasteiger partial charge < -0.3 is 4.74 Å². The summed E-state index contributed by atoms with van der Waals surface area (Å²) in [6.07, 6.45) is 2.61. The van der Waals surface area contributed by atoms with E-state index in [1.165, 1.54) is 0 Å². The number of carbonyl (C=O) groups is 1. The number of rotatable bonds is 1. The molecule has 0 aromatic rings. The first-order valence-electron chi connectivity index (χ1n) is 3.85. The van der Waals surface area contributed by atoms with Crippen LogP contribution in [0.4, 0.5) is 0 Å².